The summed E-state index contributed by atoms with van der Waals surface area (Å²) in [5, 5.41) is 8.90. The van der Waals surface area contributed by atoms with E-state index in [9.17, 15) is 0 Å². The number of hydrogen-bond donors (Lipinski definition) is 0. The molecule has 1 atom stereocenters. The Morgan fingerprint density at radius 3 is 2.91 bits per heavy atom. The van der Waals surface area contributed by atoms with Gasteiger partial charge in [0, 0.05) is 44.9 Å². The fourth-order valence-electron chi connectivity index (χ4n) is 3.17. The van der Waals surface area contributed by atoms with Crippen molar-refractivity contribution in [1.82, 2.24) is 14.7 Å². The van der Waals surface area contributed by atoms with Gasteiger partial charge in [0.15, 0.2) is 0 Å². The van der Waals surface area contributed by atoms with E-state index in [2.05, 4.69) is 37.6 Å². The Balaban J connectivity index is 1.42. The van der Waals surface area contributed by atoms with E-state index in [1.54, 1.807) is 11.3 Å². The summed E-state index contributed by atoms with van der Waals surface area (Å²) in [5.41, 5.74) is 2.73. The number of rotatable bonds is 6. The van der Waals surface area contributed by atoms with Gasteiger partial charge in [0.2, 0.25) is 0 Å². The molecule has 1 aliphatic heterocycles. The summed E-state index contributed by atoms with van der Waals surface area (Å²) in [4.78, 5) is 2.54. The second-order valence-electron chi connectivity index (χ2n) is 6.65. The first-order valence-corrected chi connectivity index (χ1v) is 9.13. The van der Waals surface area contributed by atoms with Crippen LogP contribution < -0.4 is 0 Å². The van der Waals surface area contributed by atoms with Gasteiger partial charge in [-0.1, -0.05) is 0 Å². The zero-order valence-corrected chi connectivity index (χ0v) is 13.7. The van der Waals surface area contributed by atoms with Crippen molar-refractivity contribution in [1.29, 1.82) is 0 Å². The summed E-state index contributed by atoms with van der Waals surface area (Å²) < 4.78 is 8.13. The van der Waals surface area contributed by atoms with Gasteiger partial charge in [-0.25, -0.2) is 0 Å². The second kappa shape index (κ2) is 6.52. The molecule has 0 bridgehead atoms. The average molecular weight is 317 g/mol. The Morgan fingerprint density at radius 1 is 1.18 bits per heavy atom. The fourth-order valence-corrected chi connectivity index (χ4v) is 3.83. The summed E-state index contributed by atoms with van der Waals surface area (Å²) in [6, 6.07) is 4.37. The summed E-state index contributed by atoms with van der Waals surface area (Å²) in [5.74, 6) is 1.37. The molecule has 0 spiro atoms. The minimum atomic E-state index is 0.526. The average Bonchev–Trinajstić information content (AvgIpc) is 3.06. The Kier molecular flexibility index (Phi) is 4.28. The first kappa shape index (κ1) is 14.4. The first-order valence-electron chi connectivity index (χ1n) is 8.18. The zero-order valence-electron chi connectivity index (χ0n) is 12.9. The minimum absolute atomic E-state index is 0.526. The number of nitrogens with zero attached hydrogens (tertiary/aromatic N) is 3. The van der Waals surface area contributed by atoms with Crippen LogP contribution in [0, 0.1) is 11.8 Å². The van der Waals surface area contributed by atoms with Gasteiger partial charge in [0.05, 0.1) is 12.3 Å². The summed E-state index contributed by atoms with van der Waals surface area (Å²) in [6.07, 6.45) is 4.64. The molecule has 0 radical (unpaired) electrons. The number of aromatic nitrogens is 2. The SMILES string of the molecule is c1cc2n(n1)C[C@@H](COCC1CC1)CN(Cc1ccsc1)C2. The second-order valence-corrected chi connectivity index (χ2v) is 7.43. The van der Waals surface area contributed by atoms with Crippen LogP contribution in [0.25, 0.3) is 0 Å². The van der Waals surface area contributed by atoms with Crippen LogP contribution >= 0.6 is 11.3 Å². The van der Waals surface area contributed by atoms with Crippen molar-refractivity contribution in [3.05, 3.63) is 40.3 Å². The van der Waals surface area contributed by atoms with Crippen molar-refractivity contribution in [2.24, 2.45) is 11.8 Å². The molecule has 22 heavy (non-hydrogen) atoms. The predicted molar refractivity (Wildman–Crippen MR) is 87.7 cm³/mol. The minimum Gasteiger partial charge on any atom is -0.381 e. The molecule has 1 saturated carbocycles. The highest BCUT2D eigenvalue weighted by molar-refractivity contribution is 7.07. The van der Waals surface area contributed by atoms with Gasteiger partial charge in [0.1, 0.15) is 0 Å². The fraction of sp³-hybridized carbons (Fsp3) is 0.588. The number of thiophene rings is 1. The van der Waals surface area contributed by atoms with Gasteiger partial charge < -0.3 is 4.74 Å². The lowest BCUT2D eigenvalue weighted by molar-refractivity contribution is 0.0696. The maximum absolute atomic E-state index is 5.96. The lowest BCUT2D eigenvalue weighted by atomic mass is 10.1. The van der Waals surface area contributed by atoms with E-state index in [0.717, 1.165) is 45.3 Å². The number of ether oxygens (including phenoxy) is 1. The Bertz CT molecular complexity index is 591. The number of fused-ring (bicyclic) bond motifs is 1. The highest BCUT2D eigenvalue weighted by Crippen LogP contribution is 2.29. The largest absolute Gasteiger partial charge is 0.381 e. The third-order valence-electron chi connectivity index (χ3n) is 4.53. The lowest BCUT2D eigenvalue weighted by Gasteiger charge is -2.23. The zero-order chi connectivity index (χ0) is 14.8. The van der Waals surface area contributed by atoms with Gasteiger partial charge in [-0.2, -0.15) is 16.4 Å². The maximum Gasteiger partial charge on any atom is 0.0524 e. The van der Waals surface area contributed by atoms with Crippen molar-refractivity contribution in [2.45, 2.75) is 32.5 Å². The Morgan fingerprint density at radius 2 is 2.09 bits per heavy atom. The molecule has 0 amide bonds. The molecule has 0 aromatic carbocycles. The van der Waals surface area contributed by atoms with Crippen LogP contribution in [0.1, 0.15) is 24.1 Å². The van der Waals surface area contributed by atoms with Crippen molar-refractivity contribution in [3.8, 4) is 0 Å². The smallest absolute Gasteiger partial charge is 0.0524 e. The van der Waals surface area contributed by atoms with E-state index in [0.29, 0.717) is 5.92 Å². The Labute approximate surface area is 135 Å². The summed E-state index contributed by atoms with van der Waals surface area (Å²) in [7, 11) is 0. The van der Waals surface area contributed by atoms with E-state index >= 15 is 0 Å². The Hall–Kier alpha value is -1.17. The standard InChI is InChI=1S/C17H23N3OS/c1-2-14(1)11-21-12-16-8-19(7-15-4-6-22-13-15)10-17-3-5-18-20(17)9-16/h3-6,13-14,16H,1-2,7-12H2/t16-/m0/s1. The molecule has 0 unspecified atom stereocenters. The topological polar surface area (TPSA) is 30.3 Å². The van der Waals surface area contributed by atoms with Gasteiger partial charge in [0.25, 0.3) is 0 Å². The highest BCUT2D eigenvalue weighted by Gasteiger charge is 2.25. The van der Waals surface area contributed by atoms with Crippen molar-refractivity contribution in [3.63, 3.8) is 0 Å². The third kappa shape index (κ3) is 3.59. The molecule has 118 valence electrons. The molecule has 2 aromatic heterocycles. The first-order chi connectivity index (χ1) is 10.9. The van der Waals surface area contributed by atoms with Gasteiger partial charge >= 0.3 is 0 Å². The van der Waals surface area contributed by atoms with Crippen LogP contribution in [-0.4, -0.2) is 34.4 Å². The van der Waals surface area contributed by atoms with E-state index < -0.39 is 0 Å². The van der Waals surface area contributed by atoms with Crippen molar-refractivity contribution < 1.29 is 4.74 Å². The molecular weight excluding hydrogens is 294 g/mol. The summed E-state index contributed by atoms with van der Waals surface area (Å²) in [6.45, 7) is 5.88. The van der Waals surface area contributed by atoms with E-state index in [4.69, 9.17) is 4.74 Å². The predicted octanol–water partition coefficient (Wildman–Crippen LogP) is 3.00. The molecule has 2 aromatic rings. The molecule has 1 fully saturated rings. The number of hydrogen-bond acceptors (Lipinski definition) is 4. The van der Waals surface area contributed by atoms with Crippen LogP contribution in [0.2, 0.25) is 0 Å². The lowest BCUT2D eigenvalue weighted by Crippen LogP contribution is -2.30. The van der Waals surface area contributed by atoms with E-state index in [-0.39, 0.29) is 0 Å². The van der Waals surface area contributed by atoms with Crippen molar-refractivity contribution >= 4 is 11.3 Å². The van der Waals surface area contributed by atoms with Crippen LogP contribution in [-0.2, 0) is 24.4 Å². The van der Waals surface area contributed by atoms with E-state index in [1.165, 1.54) is 24.1 Å². The maximum atomic E-state index is 5.96. The molecule has 0 saturated heterocycles. The van der Waals surface area contributed by atoms with Crippen molar-refractivity contribution in [2.75, 3.05) is 19.8 Å². The van der Waals surface area contributed by atoms with E-state index in [1.807, 2.05) is 6.20 Å². The normalized spacial score (nSPS) is 22.5. The molecular formula is C17H23N3OS. The quantitative estimate of drug-likeness (QED) is 0.820. The van der Waals surface area contributed by atoms with Crippen LogP contribution in [0.5, 0.6) is 0 Å². The molecule has 4 rings (SSSR count). The monoisotopic (exact) mass is 317 g/mol. The molecule has 3 heterocycles. The summed E-state index contributed by atoms with van der Waals surface area (Å²) >= 11 is 1.78. The van der Waals surface area contributed by atoms with Gasteiger partial charge in [-0.3, -0.25) is 9.58 Å². The molecule has 5 heteroatoms. The molecule has 2 aliphatic rings. The van der Waals surface area contributed by atoms with Gasteiger partial charge in [-0.15, -0.1) is 0 Å². The van der Waals surface area contributed by atoms with Crippen LogP contribution in [0.3, 0.4) is 0 Å². The van der Waals surface area contributed by atoms with Crippen LogP contribution in [0.4, 0.5) is 0 Å². The molecule has 1 aliphatic carbocycles. The van der Waals surface area contributed by atoms with Crippen LogP contribution in [0.15, 0.2) is 29.1 Å². The molecule has 4 nitrogen and oxygen atoms in total. The molecule has 0 N–H and O–H groups in total. The van der Waals surface area contributed by atoms with Gasteiger partial charge in [-0.05, 0) is 47.2 Å². The third-order valence-corrected chi connectivity index (χ3v) is 5.26. The highest BCUT2D eigenvalue weighted by atomic mass is 32.1.